The van der Waals surface area contributed by atoms with Gasteiger partial charge in [-0.25, -0.2) is 4.79 Å². The second-order valence-corrected chi connectivity index (χ2v) is 9.08. The van der Waals surface area contributed by atoms with Gasteiger partial charge in [-0.15, -0.1) is 0 Å². The molecule has 3 amide bonds. The number of aliphatic hydroxyl groups excluding tert-OH is 1. The van der Waals surface area contributed by atoms with E-state index in [-0.39, 0.29) is 25.2 Å². The Morgan fingerprint density at radius 2 is 1.28 bits per heavy atom. The number of aryl methyl sites for hydroxylation is 1. The predicted octanol–water partition coefficient (Wildman–Crippen LogP) is 1.44. The molecule has 0 bridgehead atoms. The largest absolute Gasteiger partial charge is 0.480 e. The molecule has 9 nitrogen and oxygen atoms in total. The molecule has 5 N–H and O–H groups in total. The molecular weight excluding hydrogens is 462 g/mol. The zero-order valence-corrected chi connectivity index (χ0v) is 20.6. The minimum Gasteiger partial charge on any atom is -0.480 e. The van der Waals surface area contributed by atoms with Crippen LogP contribution in [0.4, 0.5) is 0 Å². The Morgan fingerprint density at radius 3 is 1.81 bits per heavy atom. The number of aliphatic carboxylic acids is 1. The van der Waals surface area contributed by atoms with E-state index in [1.54, 1.807) is 24.3 Å². The summed E-state index contributed by atoms with van der Waals surface area (Å²) in [6.07, 6.45) is 1.11. The number of rotatable bonds is 14. The van der Waals surface area contributed by atoms with Crippen molar-refractivity contribution in [1.82, 2.24) is 16.0 Å². The van der Waals surface area contributed by atoms with Gasteiger partial charge in [0.15, 0.2) is 0 Å². The third-order valence-corrected chi connectivity index (χ3v) is 5.60. The molecule has 0 aliphatic heterocycles. The molecule has 2 aromatic rings. The predicted molar refractivity (Wildman–Crippen MR) is 135 cm³/mol. The van der Waals surface area contributed by atoms with Gasteiger partial charge in [-0.3, -0.25) is 14.4 Å². The zero-order valence-electron chi connectivity index (χ0n) is 20.6. The topological polar surface area (TPSA) is 145 Å². The normalized spacial score (nSPS) is 13.3. The number of amides is 3. The number of nitrogens with one attached hydrogen (secondary N) is 3. The second-order valence-electron chi connectivity index (χ2n) is 9.08. The Hall–Kier alpha value is -3.72. The van der Waals surface area contributed by atoms with Crippen molar-refractivity contribution in [1.29, 1.82) is 0 Å². The average Bonchev–Trinajstić information content (AvgIpc) is 2.86. The van der Waals surface area contributed by atoms with Gasteiger partial charge in [-0.05, 0) is 36.3 Å². The van der Waals surface area contributed by atoms with Gasteiger partial charge in [0.1, 0.15) is 24.7 Å². The highest BCUT2D eigenvalue weighted by atomic mass is 16.4. The molecule has 0 saturated carbocycles. The highest BCUT2D eigenvalue weighted by Gasteiger charge is 2.30. The standard InChI is InChI=1S/C27H35N3O6/c1-18(2)15-22(26(34)30-23(27(35)36)16-20-11-7-4-8-12-20)29-25(33)21(28-24(32)17-31)14-13-19-9-5-3-6-10-19/h3-12,18,21-23,31H,13-17H2,1-2H3,(H,28,32)(H,29,33)(H,30,34)(H,35,36)/t21-,22-,23-/m0/s1. The van der Waals surface area contributed by atoms with E-state index >= 15 is 0 Å². The van der Waals surface area contributed by atoms with Crippen LogP contribution in [0.3, 0.4) is 0 Å². The van der Waals surface area contributed by atoms with Crippen molar-refractivity contribution in [2.75, 3.05) is 6.61 Å². The smallest absolute Gasteiger partial charge is 0.326 e. The van der Waals surface area contributed by atoms with E-state index in [4.69, 9.17) is 5.11 Å². The number of hydrogen-bond acceptors (Lipinski definition) is 5. The molecule has 0 radical (unpaired) electrons. The first-order valence-electron chi connectivity index (χ1n) is 12.0. The number of hydrogen-bond donors (Lipinski definition) is 5. The first-order chi connectivity index (χ1) is 17.2. The van der Waals surface area contributed by atoms with Crippen molar-refractivity contribution < 1.29 is 29.4 Å². The first kappa shape index (κ1) is 28.5. The van der Waals surface area contributed by atoms with Crippen molar-refractivity contribution in [3.05, 3.63) is 71.8 Å². The van der Waals surface area contributed by atoms with Crippen LogP contribution in [0.25, 0.3) is 0 Å². The quantitative estimate of drug-likeness (QED) is 0.267. The van der Waals surface area contributed by atoms with Crippen LogP contribution in [0.15, 0.2) is 60.7 Å². The molecule has 194 valence electrons. The van der Waals surface area contributed by atoms with Gasteiger partial charge in [-0.2, -0.15) is 0 Å². The summed E-state index contributed by atoms with van der Waals surface area (Å²) in [5.74, 6) is -3.06. The van der Waals surface area contributed by atoms with E-state index in [0.29, 0.717) is 6.42 Å². The van der Waals surface area contributed by atoms with E-state index in [0.717, 1.165) is 11.1 Å². The molecule has 3 atom stereocenters. The van der Waals surface area contributed by atoms with Crippen LogP contribution in [0.5, 0.6) is 0 Å². The highest BCUT2D eigenvalue weighted by molar-refractivity contribution is 5.93. The van der Waals surface area contributed by atoms with Crippen LogP contribution in [0.2, 0.25) is 0 Å². The summed E-state index contributed by atoms with van der Waals surface area (Å²) in [6, 6.07) is 15.2. The van der Waals surface area contributed by atoms with Crippen LogP contribution in [0.1, 0.15) is 37.8 Å². The molecule has 36 heavy (non-hydrogen) atoms. The molecule has 0 unspecified atom stereocenters. The number of carbonyl (C=O) groups excluding carboxylic acids is 3. The summed E-state index contributed by atoms with van der Waals surface area (Å²) in [6.45, 7) is 2.99. The molecule has 2 aromatic carbocycles. The third-order valence-electron chi connectivity index (χ3n) is 5.60. The van der Waals surface area contributed by atoms with Crippen LogP contribution in [-0.4, -0.2) is 58.6 Å². The van der Waals surface area contributed by atoms with Crippen LogP contribution < -0.4 is 16.0 Å². The molecule has 0 aromatic heterocycles. The number of aliphatic hydroxyl groups is 1. The second kappa shape index (κ2) is 14.6. The summed E-state index contributed by atoms with van der Waals surface area (Å²) in [4.78, 5) is 49.9. The Morgan fingerprint density at radius 1 is 0.750 bits per heavy atom. The molecule has 0 heterocycles. The minimum absolute atomic E-state index is 0.0215. The van der Waals surface area contributed by atoms with Gasteiger partial charge in [0.2, 0.25) is 17.7 Å². The molecule has 0 saturated heterocycles. The van der Waals surface area contributed by atoms with E-state index in [1.807, 2.05) is 50.2 Å². The van der Waals surface area contributed by atoms with E-state index in [1.165, 1.54) is 0 Å². The van der Waals surface area contributed by atoms with Gasteiger partial charge >= 0.3 is 5.97 Å². The van der Waals surface area contributed by atoms with E-state index in [9.17, 15) is 24.3 Å². The fraction of sp³-hybridized carbons (Fsp3) is 0.407. The number of carboxylic acids is 1. The Bertz CT molecular complexity index is 997. The van der Waals surface area contributed by atoms with E-state index in [2.05, 4.69) is 16.0 Å². The third kappa shape index (κ3) is 9.87. The maximum atomic E-state index is 13.1. The maximum absolute atomic E-state index is 13.1. The lowest BCUT2D eigenvalue weighted by Gasteiger charge is -2.25. The summed E-state index contributed by atoms with van der Waals surface area (Å²) in [5, 5.41) is 26.5. The van der Waals surface area contributed by atoms with Gasteiger partial charge in [0, 0.05) is 6.42 Å². The average molecular weight is 498 g/mol. The molecule has 9 heteroatoms. The SMILES string of the molecule is CC(C)C[C@H](NC(=O)[C@H](CCc1ccccc1)NC(=O)CO)C(=O)N[C@@H](Cc1ccccc1)C(=O)O. The van der Waals surface area contributed by atoms with Crippen LogP contribution in [0, 0.1) is 5.92 Å². The zero-order chi connectivity index (χ0) is 26.5. The first-order valence-corrected chi connectivity index (χ1v) is 12.0. The summed E-state index contributed by atoms with van der Waals surface area (Å²) >= 11 is 0. The molecule has 0 spiro atoms. The Labute approximate surface area is 211 Å². The van der Waals surface area contributed by atoms with Gasteiger partial charge in [-0.1, -0.05) is 74.5 Å². The molecule has 0 fully saturated rings. The summed E-state index contributed by atoms with van der Waals surface area (Å²) in [5.41, 5.74) is 1.72. The van der Waals surface area contributed by atoms with E-state index < -0.39 is 48.4 Å². The van der Waals surface area contributed by atoms with Gasteiger partial charge in [0.25, 0.3) is 0 Å². The lowest BCUT2D eigenvalue weighted by molar-refractivity contribution is -0.142. The fourth-order valence-corrected chi connectivity index (χ4v) is 3.76. The monoisotopic (exact) mass is 497 g/mol. The fourth-order valence-electron chi connectivity index (χ4n) is 3.76. The number of carboxylic acid groups (broad SMARTS) is 1. The molecular formula is C27H35N3O6. The van der Waals surface area contributed by atoms with Crippen molar-refractivity contribution in [3.8, 4) is 0 Å². The minimum atomic E-state index is -1.18. The number of carbonyl (C=O) groups is 4. The molecule has 2 rings (SSSR count). The molecule has 0 aliphatic rings. The van der Waals surface area contributed by atoms with Crippen molar-refractivity contribution in [2.24, 2.45) is 5.92 Å². The Kier molecular flexibility index (Phi) is 11.6. The summed E-state index contributed by atoms with van der Waals surface area (Å²) in [7, 11) is 0. The number of benzene rings is 2. The lowest BCUT2D eigenvalue weighted by atomic mass is 10.00. The van der Waals surface area contributed by atoms with Gasteiger partial charge < -0.3 is 26.2 Å². The van der Waals surface area contributed by atoms with Crippen LogP contribution in [-0.2, 0) is 32.0 Å². The van der Waals surface area contributed by atoms with Crippen LogP contribution >= 0.6 is 0 Å². The maximum Gasteiger partial charge on any atom is 0.326 e. The van der Waals surface area contributed by atoms with Crippen molar-refractivity contribution in [3.63, 3.8) is 0 Å². The van der Waals surface area contributed by atoms with Gasteiger partial charge in [0.05, 0.1) is 0 Å². The Balaban J connectivity index is 2.13. The lowest BCUT2D eigenvalue weighted by Crippen LogP contribution is -2.56. The highest BCUT2D eigenvalue weighted by Crippen LogP contribution is 2.10. The van der Waals surface area contributed by atoms with Crippen molar-refractivity contribution in [2.45, 2.75) is 57.7 Å². The van der Waals surface area contributed by atoms with Crippen molar-refractivity contribution >= 4 is 23.7 Å². The molecule has 0 aliphatic carbocycles. The summed E-state index contributed by atoms with van der Waals surface area (Å²) < 4.78 is 0.